The first-order valence-electron chi connectivity index (χ1n) is 10.2. The number of rotatable bonds is 4. The van der Waals surface area contributed by atoms with Gasteiger partial charge in [0.2, 0.25) is 0 Å². The largest absolute Gasteiger partial charge is 0.457 e. The summed E-state index contributed by atoms with van der Waals surface area (Å²) in [5.74, 6) is 2.71. The van der Waals surface area contributed by atoms with Gasteiger partial charge in [0.05, 0.1) is 6.20 Å². The van der Waals surface area contributed by atoms with Crippen molar-refractivity contribution in [3.8, 4) is 22.6 Å². The van der Waals surface area contributed by atoms with Crippen LogP contribution in [0.5, 0.6) is 11.5 Å². The number of para-hydroxylation sites is 1. The van der Waals surface area contributed by atoms with Crippen LogP contribution in [0.15, 0.2) is 72.9 Å². The molecule has 0 atom stereocenters. The van der Waals surface area contributed by atoms with Crippen LogP contribution in [0.3, 0.4) is 0 Å². The molecule has 4 nitrogen and oxygen atoms in total. The lowest BCUT2D eigenvalue weighted by Crippen LogP contribution is -2.00. The van der Waals surface area contributed by atoms with Crippen molar-refractivity contribution >= 4 is 16.6 Å². The summed E-state index contributed by atoms with van der Waals surface area (Å²) in [6.45, 7) is 0. The Morgan fingerprint density at radius 1 is 0.828 bits per heavy atom. The zero-order chi connectivity index (χ0) is 19.6. The highest BCUT2D eigenvalue weighted by Gasteiger charge is 2.21. The van der Waals surface area contributed by atoms with E-state index in [0.29, 0.717) is 11.7 Å². The van der Waals surface area contributed by atoms with Crippen LogP contribution >= 0.6 is 0 Å². The molecule has 3 aromatic carbocycles. The molecule has 0 amide bonds. The van der Waals surface area contributed by atoms with Gasteiger partial charge in [-0.05, 0) is 59.7 Å². The smallest absolute Gasteiger partial charge is 0.154 e. The van der Waals surface area contributed by atoms with Crippen LogP contribution in [-0.2, 0) is 0 Å². The predicted octanol–water partition coefficient (Wildman–Crippen LogP) is 6.33. The maximum absolute atomic E-state index is 6.30. The van der Waals surface area contributed by atoms with Crippen molar-refractivity contribution in [2.24, 2.45) is 0 Å². The molecule has 1 fully saturated rings. The Morgan fingerprint density at radius 2 is 1.55 bits per heavy atom. The topological polar surface area (TPSA) is 61.0 Å². The Bertz CT molecular complexity index is 1130. The maximum Gasteiger partial charge on any atom is 0.154 e. The number of nitrogen functional groups attached to an aromatic ring is 1. The number of fused-ring (bicyclic) bond motifs is 1. The first kappa shape index (κ1) is 17.7. The van der Waals surface area contributed by atoms with Gasteiger partial charge in [0.1, 0.15) is 11.5 Å². The molecule has 1 aliphatic rings. The van der Waals surface area contributed by atoms with E-state index in [4.69, 9.17) is 10.5 Å². The van der Waals surface area contributed by atoms with Crippen LogP contribution in [0.2, 0.25) is 0 Å². The number of aromatic nitrogens is 2. The van der Waals surface area contributed by atoms with Crippen molar-refractivity contribution in [2.75, 3.05) is 5.73 Å². The van der Waals surface area contributed by atoms with Gasteiger partial charge in [0.25, 0.3) is 0 Å². The molecule has 1 aromatic heterocycles. The summed E-state index contributed by atoms with van der Waals surface area (Å²) >= 11 is 0. The number of ether oxygens (including phenoxy) is 1. The molecular weight excluding hydrogens is 358 g/mol. The zero-order valence-electron chi connectivity index (χ0n) is 16.2. The van der Waals surface area contributed by atoms with Gasteiger partial charge < -0.3 is 10.5 Å². The van der Waals surface area contributed by atoms with Crippen molar-refractivity contribution in [1.82, 2.24) is 10.2 Å². The quantitative estimate of drug-likeness (QED) is 0.449. The number of hydrogen-bond donors (Lipinski definition) is 1. The van der Waals surface area contributed by atoms with E-state index in [9.17, 15) is 0 Å². The Hall–Kier alpha value is -3.40. The molecule has 5 rings (SSSR count). The van der Waals surface area contributed by atoms with Crippen LogP contribution in [0.1, 0.15) is 37.2 Å². The van der Waals surface area contributed by atoms with Gasteiger partial charge in [-0.3, -0.25) is 0 Å². The third kappa shape index (κ3) is 3.42. The summed E-state index contributed by atoms with van der Waals surface area (Å²) in [6, 6.07) is 22.4. The van der Waals surface area contributed by atoms with E-state index in [1.165, 1.54) is 31.2 Å². The highest BCUT2D eigenvalue weighted by atomic mass is 16.5. The summed E-state index contributed by atoms with van der Waals surface area (Å²) in [6.07, 6.45) is 6.94. The molecule has 144 valence electrons. The molecule has 1 aliphatic carbocycles. The maximum atomic E-state index is 6.30. The third-order valence-electron chi connectivity index (χ3n) is 5.83. The first-order chi connectivity index (χ1) is 14.3. The van der Waals surface area contributed by atoms with Crippen molar-refractivity contribution in [3.63, 3.8) is 0 Å². The van der Waals surface area contributed by atoms with Crippen LogP contribution in [0.25, 0.3) is 21.9 Å². The lowest BCUT2D eigenvalue weighted by molar-refractivity contribution is 0.483. The van der Waals surface area contributed by atoms with Gasteiger partial charge in [-0.25, -0.2) is 0 Å². The van der Waals surface area contributed by atoms with Gasteiger partial charge in [0.15, 0.2) is 5.82 Å². The molecule has 0 unspecified atom stereocenters. The number of nitrogens with zero attached hydrogens (tertiary/aromatic N) is 2. The highest BCUT2D eigenvalue weighted by molar-refractivity contribution is 6.04. The van der Waals surface area contributed by atoms with Gasteiger partial charge in [-0.2, -0.15) is 5.10 Å². The van der Waals surface area contributed by atoms with Crippen molar-refractivity contribution in [1.29, 1.82) is 0 Å². The molecule has 4 heteroatoms. The molecule has 0 spiro atoms. The van der Waals surface area contributed by atoms with Crippen LogP contribution in [-0.4, -0.2) is 10.2 Å². The monoisotopic (exact) mass is 381 g/mol. The fraction of sp³-hybridized carbons (Fsp3) is 0.200. The second-order valence-corrected chi connectivity index (χ2v) is 7.64. The van der Waals surface area contributed by atoms with E-state index < -0.39 is 0 Å². The highest BCUT2D eigenvalue weighted by Crippen LogP contribution is 2.41. The van der Waals surface area contributed by atoms with Crippen molar-refractivity contribution in [3.05, 3.63) is 78.5 Å². The second kappa shape index (κ2) is 7.55. The number of hydrogen-bond acceptors (Lipinski definition) is 4. The minimum Gasteiger partial charge on any atom is -0.457 e. The Balaban J connectivity index is 1.54. The number of nitrogens with two attached hydrogens (primary N) is 1. The number of anilines is 1. The molecule has 0 aliphatic heterocycles. The van der Waals surface area contributed by atoms with Crippen molar-refractivity contribution in [2.45, 2.75) is 31.6 Å². The Morgan fingerprint density at radius 3 is 2.31 bits per heavy atom. The summed E-state index contributed by atoms with van der Waals surface area (Å²) in [5.41, 5.74) is 9.82. The minimum atomic E-state index is 0.488. The number of benzene rings is 3. The molecular formula is C25H23N3O. The molecule has 0 saturated heterocycles. The molecule has 2 N–H and O–H groups in total. The second-order valence-electron chi connectivity index (χ2n) is 7.64. The Labute approximate surface area is 170 Å². The molecule has 29 heavy (non-hydrogen) atoms. The van der Waals surface area contributed by atoms with E-state index in [2.05, 4.69) is 34.5 Å². The summed E-state index contributed by atoms with van der Waals surface area (Å²) in [4.78, 5) is 0. The molecule has 0 bridgehead atoms. The first-order valence-corrected chi connectivity index (χ1v) is 10.2. The standard InChI is InChI=1S/C25H23N3O/c26-25-24-22(15-14-21(17-6-4-5-7-17)23(24)16-27-28-25)18-10-12-20(13-11-18)29-19-8-2-1-3-9-19/h1-3,8-17H,4-7H2,(H2,26,28). The van der Waals surface area contributed by atoms with Crippen LogP contribution in [0.4, 0.5) is 5.82 Å². The minimum absolute atomic E-state index is 0.488. The average molecular weight is 381 g/mol. The van der Waals surface area contributed by atoms with Crippen LogP contribution in [0, 0.1) is 0 Å². The lowest BCUT2D eigenvalue weighted by Gasteiger charge is -2.16. The molecule has 1 saturated carbocycles. The summed E-state index contributed by atoms with van der Waals surface area (Å²) < 4.78 is 5.92. The van der Waals surface area contributed by atoms with E-state index in [-0.39, 0.29) is 0 Å². The lowest BCUT2D eigenvalue weighted by atomic mass is 9.89. The molecule has 1 heterocycles. The van der Waals surface area contributed by atoms with Crippen molar-refractivity contribution < 1.29 is 4.74 Å². The summed E-state index contributed by atoms with van der Waals surface area (Å²) in [5, 5.41) is 10.4. The van der Waals surface area contributed by atoms with Gasteiger partial charge in [-0.15, -0.1) is 5.10 Å². The SMILES string of the molecule is Nc1nncc2c(C3CCCC3)ccc(-c3ccc(Oc4ccccc4)cc3)c12. The predicted molar refractivity (Wildman–Crippen MR) is 117 cm³/mol. The average Bonchev–Trinajstić information content (AvgIpc) is 3.29. The van der Waals surface area contributed by atoms with Gasteiger partial charge in [-0.1, -0.05) is 55.3 Å². The van der Waals surface area contributed by atoms with E-state index in [1.54, 1.807) is 0 Å². The fourth-order valence-corrected chi connectivity index (χ4v) is 4.41. The van der Waals surface area contributed by atoms with E-state index in [0.717, 1.165) is 33.4 Å². The van der Waals surface area contributed by atoms with Crippen LogP contribution < -0.4 is 10.5 Å². The van der Waals surface area contributed by atoms with E-state index in [1.807, 2.05) is 48.7 Å². The van der Waals surface area contributed by atoms with Gasteiger partial charge >= 0.3 is 0 Å². The van der Waals surface area contributed by atoms with Gasteiger partial charge in [0, 0.05) is 10.8 Å². The molecule has 0 radical (unpaired) electrons. The van der Waals surface area contributed by atoms with E-state index >= 15 is 0 Å². The summed E-state index contributed by atoms with van der Waals surface area (Å²) in [7, 11) is 0. The Kier molecular flexibility index (Phi) is 4.60. The zero-order valence-corrected chi connectivity index (χ0v) is 16.2. The normalized spacial score (nSPS) is 14.3. The third-order valence-corrected chi connectivity index (χ3v) is 5.83. The molecule has 4 aromatic rings. The fourth-order valence-electron chi connectivity index (χ4n) is 4.41.